The summed E-state index contributed by atoms with van der Waals surface area (Å²) in [6, 6.07) is 8.92. The molecule has 2 rings (SSSR count). The van der Waals surface area contributed by atoms with E-state index in [0.29, 0.717) is 5.56 Å². The lowest BCUT2D eigenvalue weighted by Gasteiger charge is -2.28. The number of pyridine rings is 1. The molecule has 0 aliphatic heterocycles. The van der Waals surface area contributed by atoms with Gasteiger partial charge in [-0.2, -0.15) is 0 Å². The Morgan fingerprint density at radius 1 is 1.20 bits per heavy atom. The van der Waals surface area contributed by atoms with Crippen molar-refractivity contribution in [3.05, 3.63) is 65.7 Å². The van der Waals surface area contributed by atoms with Crippen LogP contribution in [-0.2, 0) is 16.6 Å². The zero-order valence-electron chi connectivity index (χ0n) is 10.8. The second kappa shape index (κ2) is 5.79. The Bertz CT molecular complexity index is 587. The fourth-order valence-corrected chi connectivity index (χ4v) is 2.20. The minimum atomic E-state index is -1.27. The number of benzene rings is 1. The van der Waals surface area contributed by atoms with Crippen LogP contribution in [0.25, 0.3) is 0 Å². The Kier molecular flexibility index (Phi) is 4.10. The number of aliphatic carboxylic acids is 1. The molecule has 4 nitrogen and oxygen atoms in total. The van der Waals surface area contributed by atoms with Gasteiger partial charge in [0.2, 0.25) is 0 Å². The van der Waals surface area contributed by atoms with Crippen LogP contribution in [0.5, 0.6) is 0 Å². The highest BCUT2D eigenvalue weighted by atomic mass is 19.1. The molecule has 20 heavy (non-hydrogen) atoms. The molecule has 0 saturated heterocycles. The predicted octanol–water partition coefficient (Wildman–Crippen LogP) is 1.74. The van der Waals surface area contributed by atoms with Crippen molar-refractivity contribution in [2.45, 2.75) is 11.8 Å². The molecule has 0 aliphatic rings. The van der Waals surface area contributed by atoms with Crippen molar-refractivity contribution in [2.24, 2.45) is 5.73 Å². The second-order valence-electron chi connectivity index (χ2n) is 4.63. The number of carboxylic acid groups (broad SMARTS) is 1. The molecule has 1 aromatic heterocycles. The van der Waals surface area contributed by atoms with Gasteiger partial charge in [0.05, 0.1) is 0 Å². The van der Waals surface area contributed by atoms with Crippen LogP contribution >= 0.6 is 0 Å². The maximum atomic E-state index is 13.0. The number of rotatable bonds is 5. The highest BCUT2D eigenvalue weighted by Crippen LogP contribution is 2.28. The van der Waals surface area contributed by atoms with Gasteiger partial charge in [-0.15, -0.1) is 0 Å². The van der Waals surface area contributed by atoms with E-state index in [4.69, 9.17) is 5.73 Å². The molecule has 2 aromatic rings. The van der Waals surface area contributed by atoms with Gasteiger partial charge in [-0.3, -0.25) is 9.78 Å². The molecule has 1 aromatic carbocycles. The lowest BCUT2D eigenvalue weighted by Crippen LogP contribution is -2.45. The molecule has 1 atom stereocenters. The molecule has 0 radical (unpaired) electrons. The molecule has 0 saturated carbocycles. The fourth-order valence-electron chi connectivity index (χ4n) is 2.20. The van der Waals surface area contributed by atoms with Crippen molar-refractivity contribution < 1.29 is 14.3 Å². The van der Waals surface area contributed by atoms with Crippen LogP contribution in [0.2, 0.25) is 0 Å². The van der Waals surface area contributed by atoms with Gasteiger partial charge in [-0.25, -0.2) is 4.39 Å². The number of halogens is 1. The van der Waals surface area contributed by atoms with Gasteiger partial charge < -0.3 is 10.8 Å². The molecule has 0 bridgehead atoms. The van der Waals surface area contributed by atoms with Crippen molar-refractivity contribution in [1.29, 1.82) is 0 Å². The summed E-state index contributed by atoms with van der Waals surface area (Å²) in [5.74, 6) is -1.43. The SMILES string of the molecule is NCC(Cc1ccncc1)(C(=O)O)c1ccc(F)cc1. The molecule has 104 valence electrons. The Morgan fingerprint density at radius 2 is 1.80 bits per heavy atom. The van der Waals surface area contributed by atoms with Crippen molar-refractivity contribution in [1.82, 2.24) is 4.98 Å². The highest BCUT2D eigenvalue weighted by Gasteiger charge is 2.39. The first kappa shape index (κ1) is 14.1. The van der Waals surface area contributed by atoms with E-state index in [1.54, 1.807) is 24.5 Å². The van der Waals surface area contributed by atoms with E-state index in [1.165, 1.54) is 24.3 Å². The first-order valence-electron chi connectivity index (χ1n) is 6.17. The van der Waals surface area contributed by atoms with Crippen LogP contribution in [0, 0.1) is 5.82 Å². The molecule has 0 fully saturated rings. The monoisotopic (exact) mass is 274 g/mol. The third-order valence-electron chi connectivity index (χ3n) is 3.41. The minimum absolute atomic E-state index is 0.0731. The number of aromatic nitrogens is 1. The van der Waals surface area contributed by atoms with Crippen LogP contribution in [0.15, 0.2) is 48.8 Å². The summed E-state index contributed by atoms with van der Waals surface area (Å²) < 4.78 is 13.0. The van der Waals surface area contributed by atoms with E-state index in [9.17, 15) is 14.3 Å². The maximum Gasteiger partial charge on any atom is 0.315 e. The van der Waals surface area contributed by atoms with Gasteiger partial charge in [-0.1, -0.05) is 12.1 Å². The van der Waals surface area contributed by atoms with Gasteiger partial charge in [0.25, 0.3) is 0 Å². The van der Waals surface area contributed by atoms with Gasteiger partial charge in [-0.05, 0) is 41.8 Å². The summed E-state index contributed by atoms with van der Waals surface area (Å²) in [5, 5.41) is 9.62. The third-order valence-corrected chi connectivity index (χ3v) is 3.41. The highest BCUT2D eigenvalue weighted by molar-refractivity contribution is 5.82. The zero-order valence-corrected chi connectivity index (χ0v) is 10.8. The van der Waals surface area contributed by atoms with Crippen molar-refractivity contribution in [3.63, 3.8) is 0 Å². The van der Waals surface area contributed by atoms with E-state index in [0.717, 1.165) is 5.56 Å². The summed E-state index contributed by atoms with van der Waals surface area (Å²) in [5.41, 5.74) is 5.78. The summed E-state index contributed by atoms with van der Waals surface area (Å²) in [6.45, 7) is -0.0731. The molecule has 3 N–H and O–H groups in total. The summed E-state index contributed by atoms with van der Waals surface area (Å²) >= 11 is 0. The smallest absolute Gasteiger partial charge is 0.315 e. The fraction of sp³-hybridized carbons (Fsp3) is 0.200. The predicted molar refractivity (Wildman–Crippen MR) is 72.7 cm³/mol. The van der Waals surface area contributed by atoms with Crippen molar-refractivity contribution in [3.8, 4) is 0 Å². The Labute approximate surface area is 116 Å². The van der Waals surface area contributed by atoms with Crippen LogP contribution in [0.1, 0.15) is 11.1 Å². The van der Waals surface area contributed by atoms with Crippen molar-refractivity contribution >= 4 is 5.97 Å². The van der Waals surface area contributed by atoms with E-state index in [1.807, 2.05) is 0 Å². The van der Waals surface area contributed by atoms with E-state index < -0.39 is 17.2 Å². The van der Waals surface area contributed by atoms with E-state index >= 15 is 0 Å². The lowest BCUT2D eigenvalue weighted by atomic mass is 9.75. The molecule has 1 heterocycles. The maximum absolute atomic E-state index is 13.0. The van der Waals surface area contributed by atoms with Gasteiger partial charge in [0.1, 0.15) is 11.2 Å². The summed E-state index contributed by atoms with van der Waals surface area (Å²) in [4.78, 5) is 15.7. The molecule has 1 unspecified atom stereocenters. The van der Waals surface area contributed by atoms with Gasteiger partial charge in [0, 0.05) is 18.9 Å². The van der Waals surface area contributed by atoms with Crippen LogP contribution < -0.4 is 5.73 Å². The second-order valence-corrected chi connectivity index (χ2v) is 4.63. The van der Waals surface area contributed by atoms with Crippen LogP contribution in [-0.4, -0.2) is 22.6 Å². The average Bonchev–Trinajstić information content (AvgIpc) is 2.46. The van der Waals surface area contributed by atoms with E-state index in [-0.39, 0.29) is 13.0 Å². The molecular weight excluding hydrogens is 259 g/mol. The van der Waals surface area contributed by atoms with Crippen LogP contribution in [0.4, 0.5) is 4.39 Å². The Morgan fingerprint density at radius 3 is 2.30 bits per heavy atom. The van der Waals surface area contributed by atoms with Gasteiger partial charge >= 0.3 is 5.97 Å². The number of hydrogen-bond donors (Lipinski definition) is 2. The third kappa shape index (κ3) is 2.67. The topological polar surface area (TPSA) is 76.2 Å². The Hall–Kier alpha value is -2.27. The average molecular weight is 274 g/mol. The quantitative estimate of drug-likeness (QED) is 0.870. The van der Waals surface area contributed by atoms with Crippen LogP contribution in [0.3, 0.4) is 0 Å². The first-order chi connectivity index (χ1) is 9.58. The number of nitrogens with two attached hydrogens (primary N) is 1. The molecule has 0 spiro atoms. The largest absolute Gasteiger partial charge is 0.481 e. The molecule has 5 heteroatoms. The van der Waals surface area contributed by atoms with Gasteiger partial charge in [0.15, 0.2) is 0 Å². The molecular formula is C15H15FN2O2. The zero-order chi connectivity index (χ0) is 14.6. The number of carbonyl (C=O) groups is 1. The number of nitrogens with zero attached hydrogens (tertiary/aromatic N) is 1. The molecule has 0 amide bonds. The minimum Gasteiger partial charge on any atom is -0.481 e. The number of hydrogen-bond acceptors (Lipinski definition) is 3. The molecule has 0 aliphatic carbocycles. The lowest BCUT2D eigenvalue weighted by molar-refractivity contribution is -0.143. The van der Waals surface area contributed by atoms with E-state index in [2.05, 4.69) is 4.98 Å². The van der Waals surface area contributed by atoms with Crippen molar-refractivity contribution in [2.75, 3.05) is 6.54 Å². The Balaban J connectivity index is 2.45. The first-order valence-corrected chi connectivity index (χ1v) is 6.17. The normalized spacial score (nSPS) is 13.7. The number of carboxylic acids is 1. The standard InChI is InChI=1S/C15H15FN2O2/c16-13-3-1-12(2-4-13)15(10-17,14(19)20)9-11-5-7-18-8-6-11/h1-8H,9-10,17H2,(H,19,20). The summed E-state index contributed by atoms with van der Waals surface area (Å²) in [7, 11) is 0. The summed E-state index contributed by atoms with van der Waals surface area (Å²) in [6.07, 6.45) is 3.43.